The first kappa shape index (κ1) is 19.6. The van der Waals surface area contributed by atoms with E-state index in [0.29, 0.717) is 43.0 Å². The molecule has 3 aromatic rings. The Morgan fingerprint density at radius 3 is 2.55 bits per heavy atom. The highest BCUT2D eigenvalue weighted by Crippen LogP contribution is 2.28. The van der Waals surface area contributed by atoms with Crippen LogP contribution in [0.1, 0.15) is 11.1 Å². The third kappa shape index (κ3) is 4.49. The first-order valence-electron chi connectivity index (χ1n) is 9.55. The summed E-state index contributed by atoms with van der Waals surface area (Å²) in [7, 11) is 0. The van der Waals surface area contributed by atoms with Crippen LogP contribution in [-0.2, 0) is 9.53 Å². The van der Waals surface area contributed by atoms with Gasteiger partial charge in [-0.25, -0.2) is 0 Å². The molecule has 0 aliphatic carbocycles. The third-order valence-electron chi connectivity index (χ3n) is 4.68. The number of rotatable bonds is 5. The number of aromatic nitrogens is 4. The van der Waals surface area contributed by atoms with Gasteiger partial charge in [0.15, 0.2) is 11.0 Å². The third-order valence-corrected chi connectivity index (χ3v) is 5.59. The minimum Gasteiger partial charge on any atom is -0.378 e. The second-order valence-electron chi connectivity index (χ2n) is 6.98. The van der Waals surface area contributed by atoms with Gasteiger partial charge in [-0.1, -0.05) is 23.9 Å². The van der Waals surface area contributed by atoms with Gasteiger partial charge >= 0.3 is 0 Å². The summed E-state index contributed by atoms with van der Waals surface area (Å²) in [4.78, 5) is 18.9. The summed E-state index contributed by atoms with van der Waals surface area (Å²) in [5.74, 6) is 1.06. The van der Waals surface area contributed by atoms with Gasteiger partial charge in [0.25, 0.3) is 0 Å². The molecule has 3 heterocycles. The van der Waals surface area contributed by atoms with Gasteiger partial charge in [0.2, 0.25) is 5.91 Å². The number of hydrogen-bond donors (Lipinski definition) is 0. The highest BCUT2D eigenvalue weighted by Gasteiger charge is 2.21. The van der Waals surface area contributed by atoms with Gasteiger partial charge < -0.3 is 9.64 Å². The monoisotopic (exact) mass is 409 g/mol. The van der Waals surface area contributed by atoms with Crippen molar-refractivity contribution in [1.82, 2.24) is 24.6 Å². The van der Waals surface area contributed by atoms with Crippen molar-refractivity contribution in [2.24, 2.45) is 0 Å². The first-order chi connectivity index (χ1) is 14.1. The topological polar surface area (TPSA) is 73.1 Å². The standard InChI is InChI=1S/C21H23N5O2S/c1-15-11-16(2)13-17(12-15)26-20(18-5-3-4-6-22-18)23-24-21(26)29-14-19(27)25-7-9-28-10-8-25/h3-6,11-13H,7-10,14H2,1-2H3. The molecule has 4 rings (SSSR count). The van der Waals surface area contributed by atoms with Gasteiger partial charge in [0.05, 0.1) is 24.7 Å². The molecule has 1 fully saturated rings. The molecule has 0 bridgehead atoms. The second-order valence-corrected chi connectivity index (χ2v) is 7.93. The normalized spacial score (nSPS) is 14.2. The lowest BCUT2D eigenvalue weighted by atomic mass is 10.1. The Kier molecular flexibility index (Phi) is 5.92. The molecule has 0 atom stereocenters. The fourth-order valence-corrected chi connectivity index (χ4v) is 4.22. The van der Waals surface area contributed by atoms with Gasteiger partial charge in [-0.15, -0.1) is 10.2 Å². The maximum atomic E-state index is 12.6. The molecule has 1 aliphatic rings. The lowest BCUT2D eigenvalue weighted by Crippen LogP contribution is -2.41. The molecule has 8 heteroatoms. The summed E-state index contributed by atoms with van der Waals surface area (Å²) < 4.78 is 7.32. The highest BCUT2D eigenvalue weighted by atomic mass is 32.2. The van der Waals surface area contributed by atoms with E-state index in [1.165, 1.54) is 11.8 Å². The summed E-state index contributed by atoms with van der Waals surface area (Å²) in [5, 5.41) is 9.46. The SMILES string of the molecule is Cc1cc(C)cc(-n2c(SCC(=O)N3CCOCC3)nnc2-c2ccccn2)c1. The van der Waals surface area contributed by atoms with Crippen LogP contribution in [0.4, 0.5) is 0 Å². The van der Waals surface area contributed by atoms with E-state index in [4.69, 9.17) is 4.74 Å². The molecule has 1 amide bonds. The largest absolute Gasteiger partial charge is 0.378 e. The zero-order valence-corrected chi connectivity index (χ0v) is 17.4. The zero-order chi connectivity index (χ0) is 20.2. The van der Waals surface area contributed by atoms with Gasteiger partial charge in [-0.05, 0) is 49.2 Å². The summed E-state index contributed by atoms with van der Waals surface area (Å²) in [6, 6.07) is 12.0. The van der Waals surface area contributed by atoms with Gasteiger partial charge in [-0.2, -0.15) is 0 Å². The van der Waals surface area contributed by atoms with Gasteiger partial charge in [-0.3, -0.25) is 14.3 Å². The number of pyridine rings is 1. The maximum absolute atomic E-state index is 12.6. The van der Waals surface area contributed by atoms with Crippen LogP contribution in [0.2, 0.25) is 0 Å². The molecule has 0 spiro atoms. The summed E-state index contributed by atoms with van der Waals surface area (Å²) in [6.45, 7) is 6.61. The van der Waals surface area contributed by atoms with Crippen molar-refractivity contribution in [1.29, 1.82) is 0 Å². The number of nitrogens with zero attached hydrogens (tertiary/aromatic N) is 5. The van der Waals surface area contributed by atoms with E-state index in [9.17, 15) is 4.79 Å². The molecule has 0 saturated carbocycles. The Labute approximate surface area is 174 Å². The summed E-state index contributed by atoms with van der Waals surface area (Å²) in [5.41, 5.74) is 4.02. The van der Waals surface area contributed by atoms with E-state index in [2.05, 4.69) is 47.2 Å². The van der Waals surface area contributed by atoms with Crippen molar-refractivity contribution in [3.05, 3.63) is 53.7 Å². The van der Waals surface area contributed by atoms with E-state index in [0.717, 1.165) is 22.5 Å². The predicted molar refractivity (Wildman–Crippen MR) is 112 cm³/mol. The summed E-state index contributed by atoms with van der Waals surface area (Å²) in [6.07, 6.45) is 1.74. The van der Waals surface area contributed by atoms with Crippen LogP contribution >= 0.6 is 11.8 Å². The number of benzene rings is 1. The number of ether oxygens (including phenoxy) is 1. The molecule has 1 aliphatic heterocycles. The number of carbonyl (C=O) groups excluding carboxylic acids is 1. The Balaban J connectivity index is 1.66. The van der Waals surface area contributed by atoms with E-state index >= 15 is 0 Å². The summed E-state index contributed by atoms with van der Waals surface area (Å²) >= 11 is 1.40. The molecule has 1 saturated heterocycles. The van der Waals surface area contributed by atoms with Crippen LogP contribution in [-0.4, -0.2) is 62.6 Å². The van der Waals surface area contributed by atoms with E-state index in [-0.39, 0.29) is 5.91 Å². The zero-order valence-electron chi connectivity index (χ0n) is 16.5. The van der Waals surface area contributed by atoms with E-state index in [1.54, 1.807) is 6.20 Å². The number of amides is 1. The fraction of sp³-hybridized carbons (Fsp3) is 0.333. The Morgan fingerprint density at radius 1 is 1.10 bits per heavy atom. The first-order valence-corrected chi connectivity index (χ1v) is 10.5. The smallest absolute Gasteiger partial charge is 0.233 e. The molecule has 7 nitrogen and oxygen atoms in total. The van der Waals surface area contributed by atoms with Crippen LogP contribution in [0, 0.1) is 13.8 Å². The molecule has 2 aromatic heterocycles. The molecule has 1 aromatic carbocycles. The van der Waals surface area contributed by atoms with Crippen LogP contribution in [0.25, 0.3) is 17.2 Å². The molecular weight excluding hydrogens is 386 g/mol. The van der Waals surface area contributed by atoms with Gasteiger partial charge in [0, 0.05) is 19.3 Å². The average Bonchev–Trinajstić information content (AvgIpc) is 3.16. The van der Waals surface area contributed by atoms with Crippen molar-refractivity contribution in [2.45, 2.75) is 19.0 Å². The van der Waals surface area contributed by atoms with Crippen LogP contribution in [0.3, 0.4) is 0 Å². The van der Waals surface area contributed by atoms with Crippen molar-refractivity contribution < 1.29 is 9.53 Å². The number of hydrogen-bond acceptors (Lipinski definition) is 6. The van der Waals surface area contributed by atoms with Crippen molar-refractivity contribution in [2.75, 3.05) is 32.1 Å². The van der Waals surface area contributed by atoms with E-state index in [1.807, 2.05) is 27.7 Å². The number of carbonyl (C=O) groups is 1. The maximum Gasteiger partial charge on any atom is 0.233 e. The van der Waals surface area contributed by atoms with Crippen molar-refractivity contribution in [3.8, 4) is 17.2 Å². The molecule has 150 valence electrons. The van der Waals surface area contributed by atoms with Crippen molar-refractivity contribution in [3.63, 3.8) is 0 Å². The molecule has 0 N–H and O–H groups in total. The Morgan fingerprint density at radius 2 is 1.86 bits per heavy atom. The fourth-order valence-electron chi connectivity index (χ4n) is 3.37. The Bertz CT molecular complexity index is 979. The highest BCUT2D eigenvalue weighted by molar-refractivity contribution is 7.99. The van der Waals surface area contributed by atoms with Crippen molar-refractivity contribution >= 4 is 17.7 Å². The Hall–Kier alpha value is -2.71. The van der Waals surface area contributed by atoms with Crippen LogP contribution in [0.5, 0.6) is 0 Å². The minimum atomic E-state index is 0.0904. The molecular formula is C21H23N5O2S. The van der Waals surface area contributed by atoms with Crippen LogP contribution in [0.15, 0.2) is 47.8 Å². The van der Waals surface area contributed by atoms with Gasteiger partial charge in [0.1, 0.15) is 5.69 Å². The predicted octanol–water partition coefficient (Wildman–Crippen LogP) is 2.90. The van der Waals surface area contributed by atoms with E-state index < -0.39 is 0 Å². The second kappa shape index (κ2) is 8.75. The quantitative estimate of drug-likeness (QED) is 0.604. The number of morpholine rings is 1. The number of aryl methyl sites for hydroxylation is 2. The molecule has 0 radical (unpaired) electrons. The lowest BCUT2D eigenvalue weighted by molar-refractivity contribution is -0.132. The molecule has 29 heavy (non-hydrogen) atoms. The lowest BCUT2D eigenvalue weighted by Gasteiger charge is -2.26. The molecule has 0 unspecified atom stereocenters. The van der Waals surface area contributed by atoms with Crippen LogP contribution < -0.4 is 0 Å². The minimum absolute atomic E-state index is 0.0904. The average molecular weight is 410 g/mol. The number of thioether (sulfide) groups is 1.